The summed E-state index contributed by atoms with van der Waals surface area (Å²) in [6.07, 6.45) is 5.19. The van der Waals surface area contributed by atoms with Gasteiger partial charge in [-0.1, -0.05) is 18.6 Å². The number of ketones is 1. The van der Waals surface area contributed by atoms with Crippen LogP contribution in [0.3, 0.4) is 0 Å². The quantitative estimate of drug-likeness (QED) is 0.685. The van der Waals surface area contributed by atoms with Crippen LogP contribution in [0.15, 0.2) is 24.3 Å². The number of unbranched alkanes of at least 4 members (excludes halogenated alkanes) is 2. The van der Waals surface area contributed by atoms with Crippen LogP contribution in [-0.4, -0.2) is 19.4 Å². The van der Waals surface area contributed by atoms with E-state index in [1.165, 1.54) is 5.56 Å². The van der Waals surface area contributed by atoms with Crippen LogP contribution in [0.25, 0.3) is 0 Å². The molecule has 0 spiro atoms. The molecule has 100 valence electrons. The van der Waals surface area contributed by atoms with Crippen LogP contribution >= 0.6 is 0 Å². The first-order chi connectivity index (χ1) is 8.76. The van der Waals surface area contributed by atoms with E-state index in [9.17, 15) is 4.79 Å². The maximum atomic E-state index is 11.6. The Hall–Kier alpha value is -1.35. The molecule has 0 saturated carbocycles. The summed E-state index contributed by atoms with van der Waals surface area (Å²) in [5, 5.41) is 0. The second-order valence-electron chi connectivity index (χ2n) is 4.49. The van der Waals surface area contributed by atoms with Gasteiger partial charge in [-0.05, 0) is 43.5 Å². The van der Waals surface area contributed by atoms with Crippen LogP contribution in [-0.2, 0) is 11.2 Å². The number of benzene rings is 1. The molecular weight excluding hydrogens is 226 g/mol. The number of methoxy groups -OCH3 is 1. The molecule has 2 N–H and O–H groups in total. The highest BCUT2D eigenvalue weighted by atomic mass is 16.5. The highest BCUT2D eigenvalue weighted by molar-refractivity contribution is 5.78. The summed E-state index contributed by atoms with van der Waals surface area (Å²) < 4.78 is 5.09. The zero-order valence-corrected chi connectivity index (χ0v) is 11.2. The molecule has 0 fully saturated rings. The summed E-state index contributed by atoms with van der Waals surface area (Å²) in [5.41, 5.74) is 6.59. The molecule has 0 aromatic heterocycles. The third-order valence-corrected chi connectivity index (χ3v) is 3.01. The Kier molecular flexibility index (Phi) is 7.11. The maximum absolute atomic E-state index is 11.6. The molecule has 0 atom stereocenters. The van der Waals surface area contributed by atoms with Crippen molar-refractivity contribution in [2.24, 2.45) is 5.73 Å². The molecule has 0 heterocycles. The van der Waals surface area contributed by atoms with E-state index in [2.05, 4.69) is 0 Å². The number of nitrogens with two attached hydrogens (primary N) is 1. The van der Waals surface area contributed by atoms with E-state index >= 15 is 0 Å². The second kappa shape index (κ2) is 8.70. The predicted molar refractivity (Wildman–Crippen MR) is 73.8 cm³/mol. The minimum atomic E-state index is 0.350. The van der Waals surface area contributed by atoms with Gasteiger partial charge in [0.15, 0.2) is 0 Å². The highest BCUT2D eigenvalue weighted by Crippen LogP contribution is 2.13. The van der Waals surface area contributed by atoms with Crippen molar-refractivity contribution in [2.75, 3.05) is 13.7 Å². The zero-order chi connectivity index (χ0) is 13.2. The number of ether oxygens (including phenoxy) is 1. The number of hydrogen-bond acceptors (Lipinski definition) is 3. The van der Waals surface area contributed by atoms with E-state index in [1.54, 1.807) is 7.11 Å². The van der Waals surface area contributed by atoms with Gasteiger partial charge in [-0.25, -0.2) is 0 Å². The van der Waals surface area contributed by atoms with Gasteiger partial charge in [0.25, 0.3) is 0 Å². The van der Waals surface area contributed by atoms with Crippen molar-refractivity contribution >= 4 is 5.78 Å². The van der Waals surface area contributed by atoms with Gasteiger partial charge in [0.1, 0.15) is 11.5 Å². The molecule has 0 unspecified atom stereocenters. The van der Waals surface area contributed by atoms with Crippen LogP contribution < -0.4 is 10.5 Å². The Bertz CT molecular complexity index is 346. The number of carbonyl (C=O) groups is 1. The normalized spacial score (nSPS) is 10.3. The largest absolute Gasteiger partial charge is 0.497 e. The zero-order valence-electron chi connectivity index (χ0n) is 11.2. The van der Waals surface area contributed by atoms with Crippen molar-refractivity contribution in [3.05, 3.63) is 29.8 Å². The Balaban J connectivity index is 2.20. The summed E-state index contributed by atoms with van der Waals surface area (Å²) in [4.78, 5) is 11.6. The van der Waals surface area contributed by atoms with Crippen LogP contribution in [0.2, 0.25) is 0 Å². The lowest BCUT2D eigenvalue weighted by molar-refractivity contribution is -0.119. The molecule has 1 aromatic carbocycles. The SMILES string of the molecule is COc1ccc(CCC(=O)CCCCCN)cc1. The Labute approximate surface area is 109 Å². The Morgan fingerprint density at radius 2 is 1.83 bits per heavy atom. The van der Waals surface area contributed by atoms with Crippen molar-refractivity contribution < 1.29 is 9.53 Å². The van der Waals surface area contributed by atoms with Gasteiger partial charge in [0, 0.05) is 12.8 Å². The standard InChI is InChI=1S/C15H23NO2/c1-18-15-10-7-13(8-11-15)6-9-14(17)5-3-2-4-12-16/h7-8,10-11H,2-6,9,12,16H2,1H3. The molecule has 3 nitrogen and oxygen atoms in total. The molecule has 0 saturated heterocycles. The minimum Gasteiger partial charge on any atom is -0.497 e. The summed E-state index contributed by atoms with van der Waals surface area (Å²) in [6, 6.07) is 7.89. The molecule has 0 aliphatic heterocycles. The summed E-state index contributed by atoms with van der Waals surface area (Å²) in [6.45, 7) is 0.722. The Morgan fingerprint density at radius 1 is 1.11 bits per heavy atom. The fraction of sp³-hybridized carbons (Fsp3) is 0.533. The van der Waals surface area contributed by atoms with E-state index in [0.717, 1.165) is 38.0 Å². The number of carbonyl (C=O) groups excluding carboxylic acids is 1. The lowest BCUT2D eigenvalue weighted by Crippen LogP contribution is -2.02. The average molecular weight is 249 g/mol. The number of hydrogen-bond donors (Lipinski definition) is 1. The fourth-order valence-electron chi connectivity index (χ4n) is 1.84. The topological polar surface area (TPSA) is 52.3 Å². The van der Waals surface area contributed by atoms with Crippen LogP contribution in [0.1, 0.15) is 37.7 Å². The minimum absolute atomic E-state index is 0.350. The molecule has 1 aromatic rings. The Morgan fingerprint density at radius 3 is 2.44 bits per heavy atom. The molecular formula is C15H23NO2. The van der Waals surface area contributed by atoms with Gasteiger partial charge < -0.3 is 10.5 Å². The van der Waals surface area contributed by atoms with E-state index < -0.39 is 0 Å². The molecule has 0 aliphatic carbocycles. The smallest absolute Gasteiger partial charge is 0.133 e. The van der Waals surface area contributed by atoms with E-state index in [-0.39, 0.29) is 0 Å². The predicted octanol–water partition coefficient (Wildman–Crippen LogP) is 2.72. The molecule has 0 aliphatic rings. The summed E-state index contributed by atoms with van der Waals surface area (Å²) in [7, 11) is 1.65. The maximum Gasteiger partial charge on any atom is 0.133 e. The molecule has 1 rings (SSSR count). The van der Waals surface area contributed by atoms with Gasteiger partial charge in [-0.3, -0.25) is 4.79 Å². The van der Waals surface area contributed by atoms with Crippen LogP contribution in [0.5, 0.6) is 5.75 Å². The van der Waals surface area contributed by atoms with Gasteiger partial charge in [-0.2, -0.15) is 0 Å². The van der Waals surface area contributed by atoms with E-state index in [1.807, 2.05) is 24.3 Å². The monoisotopic (exact) mass is 249 g/mol. The molecule has 0 radical (unpaired) electrons. The first-order valence-corrected chi connectivity index (χ1v) is 6.61. The van der Waals surface area contributed by atoms with E-state index in [0.29, 0.717) is 18.6 Å². The van der Waals surface area contributed by atoms with Crippen molar-refractivity contribution in [1.29, 1.82) is 0 Å². The van der Waals surface area contributed by atoms with E-state index in [4.69, 9.17) is 10.5 Å². The van der Waals surface area contributed by atoms with Crippen molar-refractivity contribution in [3.8, 4) is 5.75 Å². The first-order valence-electron chi connectivity index (χ1n) is 6.61. The molecule has 18 heavy (non-hydrogen) atoms. The molecule has 0 bridgehead atoms. The highest BCUT2D eigenvalue weighted by Gasteiger charge is 2.03. The third-order valence-electron chi connectivity index (χ3n) is 3.01. The lowest BCUT2D eigenvalue weighted by atomic mass is 10.0. The fourth-order valence-corrected chi connectivity index (χ4v) is 1.84. The van der Waals surface area contributed by atoms with Gasteiger partial charge in [0.05, 0.1) is 7.11 Å². The van der Waals surface area contributed by atoms with Crippen LogP contribution in [0, 0.1) is 0 Å². The van der Waals surface area contributed by atoms with Crippen molar-refractivity contribution in [2.45, 2.75) is 38.5 Å². The van der Waals surface area contributed by atoms with Gasteiger partial charge in [-0.15, -0.1) is 0 Å². The van der Waals surface area contributed by atoms with Crippen LogP contribution in [0.4, 0.5) is 0 Å². The number of aryl methyl sites for hydroxylation is 1. The van der Waals surface area contributed by atoms with Crippen molar-refractivity contribution in [1.82, 2.24) is 0 Å². The molecule has 0 amide bonds. The van der Waals surface area contributed by atoms with Gasteiger partial charge >= 0.3 is 0 Å². The number of Topliss-reactive ketones (excluding diaryl/α,β-unsaturated/α-hetero) is 1. The third kappa shape index (κ3) is 5.82. The lowest BCUT2D eigenvalue weighted by Gasteiger charge is -2.03. The first kappa shape index (κ1) is 14.7. The average Bonchev–Trinajstić information content (AvgIpc) is 2.42. The molecule has 3 heteroatoms. The van der Waals surface area contributed by atoms with Crippen molar-refractivity contribution in [3.63, 3.8) is 0 Å². The summed E-state index contributed by atoms with van der Waals surface area (Å²) >= 11 is 0. The summed E-state index contributed by atoms with van der Waals surface area (Å²) in [5.74, 6) is 1.20. The number of rotatable bonds is 9. The van der Waals surface area contributed by atoms with Gasteiger partial charge in [0.2, 0.25) is 0 Å². The second-order valence-corrected chi connectivity index (χ2v) is 4.49.